The van der Waals surface area contributed by atoms with Gasteiger partial charge in [0.25, 0.3) is 0 Å². The van der Waals surface area contributed by atoms with Crippen molar-refractivity contribution in [3.8, 4) is 0 Å². The molecule has 0 amide bonds. The molecule has 0 spiro atoms. The van der Waals surface area contributed by atoms with Gasteiger partial charge in [-0.25, -0.2) is 0 Å². The Bertz CT molecular complexity index is 154. The zero-order valence-corrected chi connectivity index (χ0v) is 8.23. The molecule has 0 fully saturated rings. The molecule has 6 N–H and O–H groups in total. The van der Waals surface area contributed by atoms with E-state index >= 15 is 0 Å². The summed E-state index contributed by atoms with van der Waals surface area (Å²) in [5.74, 6) is 0. The maximum atomic E-state index is 9.75. The van der Waals surface area contributed by atoms with Gasteiger partial charge in [-0.2, -0.15) is 0 Å². The summed E-state index contributed by atoms with van der Waals surface area (Å²) in [5, 5.41) is 3.29. The third-order valence-corrected chi connectivity index (χ3v) is 0.579. The Hall–Kier alpha value is -1.24. The van der Waals surface area contributed by atoms with Crippen LogP contribution in [0.3, 0.4) is 0 Å². The highest BCUT2D eigenvalue weighted by molar-refractivity contribution is 5.70. The van der Waals surface area contributed by atoms with Crippen LogP contribution in [-0.2, 0) is 0 Å². The largest absolute Gasteiger partial charge is 0.364 e. The number of carbonyl (C=O) groups is 1. The number of rotatable bonds is 1. The Morgan fingerprint density at radius 3 is 1.85 bits per heavy atom. The Labute approximate surface area is 78.1 Å². The summed E-state index contributed by atoms with van der Waals surface area (Å²) in [6.45, 7) is 0. The van der Waals surface area contributed by atoms with Crippen LogP contribution in [0.5, 0.6) is 0 Å². The molecule has 1 rings (SSSR count). The zero-order valence-electron chi connectivity index (χ0n) is 8.23. The van der Waals surface area contributed by atoms with Crippen LogP contribution in [0, 0.1) is 0 Å². The molecule has 78 valence electrons. The molecule has 0 atom stereocenters. The lowest BCUT2D eigenvalue weighted by Gasteiger charge is -1.62. The number of aldehydes is 1. The second kappa shape index (κ2) is 22.4. The zero-order chi connectivity index (χ0) is 11.1. The second-order valence-corrected chi connectivity index (χ2v) is 1.04. The Kier molecular flexibility index (Phi) is 30.6. The van der Waals surface area contributed by atoms with Crippen LogP contribution >= 0.6 is 0 Å². The maximum absolute atomic E-state index is 9.75. The van der Waals surface area contributed by atoms with E-state index in [1.165, 1.54) is 33.5 Å². The number of aromatic nitrogens is 1. The third-order valence-electron chi connectivity index (χ3n) is 0.579. The summed E-state index contributed by atoms with van der Waals surface area (Å²) in [4.78, 5) is 9.75. The highest BCUT2D eigenvalue weighted by atomic mass is 16.5. The molecule has 0 bridgehead atoms. The monoisotopic (exact) mass is 190 g/mol. The van der Waals surface area contributed by atoms with Gasteiger partial charge in [-0.3, -0.25) is 4.79 Å². The molecule has 1 aromatic rings. The van der Waals surface area contributed by atoms with Gasteiger partial charge in [-0.1, -0.05) is 5.16 Å². The molecule has 1 heterocycles. The lowest BCUT2D eigenvalue weighted by atomic mass is 10.5. The Morgan fingerprint density at radius 1 is 1.23 bits per heavy atom. The number of nitrogens with two attached hydrogens (primary N) is 3. The first-order valence-electron chi connectivity index (χ1n) is 3.52. The number of carbonyl (C=O) groups excluding carboxylic acids is 1. The highest BCUT2D eigenvalue weighted by Crippen LogP contribution is 1.85. The molecule has 6 nitrogen and oxygen atoms in total. The summed E-state index contributed by atoms with van der Waals surface area (Å²) in [5.41, 5.74) is 13.8. The molecule has 0 radical (unpaired) electrons. The van der Waals surface area contributed by atoms with Crippen LogP contribution in [0.1, 0.15) is 10.5 Å². The number of nitrogens with zero attached hydrogens (tertiary/aromatic N) is 1. The van der Waals surface area contributed by atoms with Crippen LogP contribution in [-0.4, -0.2) is 32.6 Å². The topological polar surface area (TPSA) is 121 Å². The van der Waals surface area contributed by atoms with Gasteiger partial charge in [0.15, 0.2) is 6.29 Å². The van der Waals surface area contributed by atoms with Crippen LogP contribution in [0.2, 0.25) is 0 Å². The first kappa shape index (κ1) is 17.7. The van der Waals surface area contributed by atoms with E-state index in [-0.39, 0.29) is 0 Å². The molecular formula is C7H18N4O2. The van der Waals surface area contributed by atoms with E-state index in [2.05, 4.69) is 26.9 Å². The van der Waals surface area contributed by atoms with E-state index in [1.807, 2.05) is 0 Å². The molecule has 6 heteroatoms. The average molecular weight is 190 g/mol. The van der Waals surface area contributed by atoms with Gasteiger partial charge < -0.3 is 21.7 Å². The summed E-state index contributed by atoms with van der Waals surface area (Å²) >= 11 is 0. The van der Waals surface area contributed by atoms with Gasteiger partial charge in [-0.15, -0.1) is 0 Å². The highest BCUT2D eigenvalue weighted by Gasteiger charge is 1.86. The second-order valence-electron chi connectivity index (χ2n) is 1.04. The lowest BCUT2D eigenvalue weighted by molar-refractivity contribution is 0.111. The van der Waals surface area contributed by atoms with E-state index < -0.39 is 0 Å². The van der Waals surface area contributed by atoms with E-state index in [0.29, 0.717) is 12.0 Å². The van der Waals surface area contributed by atoms with Crippen molar-refractivity contribution >= 4 is 6.29 Å². The predicted octanol–water partition coefficient (Wildman–Crippen LogP) is -0.788. The minimum Gasteiger partial charge on any atom is -0.364 e. The lowest BCUT2D eigenvalue weighted by Crippen LogP contribution is -1.72. The normalized spacial score (nSPS) is 6.00. The van der Waals surface area contributed by atoms with E-state index in [9.17, 15) is 4.79 Å². The molecule has 0 aliphatic heterocycles. The van der Waals surface area contributed by atoms with E-state index in [1.54, 1.807) is 0 Å². The summed E-state index contributed by atoms with van der Waals surface area (Å²) in [6, 6.07) is 1.49. The van der Waals surface area contributed by atoms with Crippen LogP contribution in [0.25, 0.3) is 0 Å². The van der Waals surface area contributed by atoms with Gasteiger partial charge in [0, 0.05) is 6.07 Å². The Balaban J connectivity index is -0.000000144. The van der Waals surface area contributed by atoms with Gasteiger partial charge in [0.2, 0.25) is 0 Å². The minimum absolute atomic E-state index is 0.333. The minimum atomic E-state index is 0.333. The molecule has 0 aliphatic rings. The van der Waals surface area contributed by atoms with Crippen molar-refractivity contribution < 1.29 is 9.32 Å². The van der Waals surface area contributed by atoms with E-state index in [0.717, 1.165) is 0 Å². The van der Waals surface area contributed by atoms with Crippen molar-refractivity contribution in [2.24, 2.45) is 17.2 Å². The third kappa shape index (κ3) is 13.7. The fourth-order valence-electron chi connectivity index (χ4n) is 0.283. The smallest absolute Gasteiger partial charge is 0.171 e. The van der Waals surface area contributed by atoms with Crippen molar-refractivity contribution in [3.63, 3.8) is 0 Å². The van der Waals surface area contributed by atoms with Crippen molar-refractivity contribution in [1.29, 1.82) is 0 Å². The summed E-state index contributed by atoms with van der Waals surface area (Å²) in [6.07, 6.45) is 1.98. The first-order chi connectivity index (χ1) is 6.43. The molecule has 0 unspecified atom stereocenters. The fourth-order valence-corrected chi connectivity index (χ4v) is 0.283. The quantitative estimate of drug-likeness (QED) is 0.499. The molecule has 1 aromatic heterocycles. The van der Waals surface area contributed by atoms with Gasteiger partial charge >= 0.3 is 0 Å². The molecule has 0 aliphatic carbocycles. The summed E-state index contributed by atoms with van der Waals surface area (Å²) in [7, 11) is 4.50. The van der Waals surface area contributed by atoms with Gasteiger partial charge in [-0.05, 0) is 21.1 Å². The fraction of sp³-hybridized carbons (Fsp3) is 0.429. The molecule has 0 saturated carbocycles. The van der Waals surface area contributed by atoms with Crippen molar-refractivity contribution in [2.45, 2.75) is 0 Å². The molecule has 13 heavy (non-hydrogen) atoms. The molecular weight excluding hydrogens is 172 g/mol. The van der Waals surface area contributed by atoms with Crippen LogP contribution in [0.15, 0.2) is 16.9 Å². The Morgan fingerprint density at radius 2 is 1.69 bits per heavy atom. The average Bonchev–Trinajstić information content (AvgIpc) is 2.79. The van der Waals surface area contributed by atoms with E-state index in [4.69, 9.17) is 0 Å². The summed E-state index contributed by atoms with van der Waals surface area (Å²) < 4.78 is 4.32. The van der Waals surface area contributed by atoms with Gasteiger partial charge in [0.05, 0.1) is 0 Å². The SMILES string of the molecule is CN.CN.CN.O=Cc1ccon1. The molecule has 0 aromatic carbocycles. The predicted molar refractivity (Wildman–Crippen MR) is 52.2 cm³/mol. The number of hydrogen-bond donors (Lipinski definition) is 3. The van der Waals surface area contributed by atoms with Crippen LogP contribution < -0.4 is 17.2 Å². The van der Waals surface area contributed by atoms with Crippen molar-refractivity contribution in [3.05, 3.63) is 18.0 Å². The maximum Gasteiger partial charge on any atom is 0.171 e. The first-order valence-corrected chi connectivity index (χ1v) is 3.52. The van der Waals surface area contributed by atoms with Crippen molar-refractivity contribution in [1.82, 2.24) is 5.16 Å². The molecule has 0 saturated heterocycles. The standard InChI is InChI=1S/C4H3NO2.3CH5N/c6-3-4-1-2-7-5-4;3*1-2/h1-3H;3*2H2,1H3. The van der Waals surface area contributed by atoms with Crippen molar-refractivity contribution in [2.75, 3.05) is 21.1 Å². The van der Waals surface area contributed by atoms with Crippen LogP contribution in [0.4, 0.5) is 0 Å². The van der Waals surface area contributed by atoms with Gasteiger partial charge in [0.1, 0.15) is 12.0 Å². The number of hydrogen-bond acceptors (Lipinski definition) is 6.